The number of ether oxygens (including phenoxy) is 4. The molecule has 1 aromatic rings. The van der Waals surface area contributed by atoms with Crippen LogP contribution in [0, 0.1) is 16.7 Å². The molecule has 13 heteroatoms. The van der Waals surface area contributed by atoms with E-state index in [4.69, 9.17) is 27.8 Å². The lowest BCUT2D eigenvalue weighted by molar-refractivity contribution is -0.363. The Morgan fingerprint density at radius 1 is 0.925 bits per heavy atom. The van der Waals surface area contributed by atoms with E-state index in [2.05, 4.69) is 20.8 Å². The van der Waals surface area contributed by atoms with Gasteiger partial charge in [-0.25, -0.2) is 4.79 Å². The van der Waals surface area contributed by atoms with Gasteiger partial charge in [0.15, 0.2) is 28.3 Å². The molecule has 1 aliphatic heterocycles. The number of aliphatic hydroxyl groups is 2. The standard InChI is InChI=1S/C40H62O11Si2/c1-13-53(14-2,15-3)51-29-21-30-39(23-46-30,49-26(6)42)33-35(48-36(44)27-19-17-16-18-20-27)40(45)22-28(50-52(10,11)12)24(4)31(37(40,7)8)32(47-25(5)41)34(43)38(29,33)9/h16-20,28-30,32-35,43,45H,13-15,21-23H2,1-12H3/t28?,29-,30+,32+,33?,34+,35-,38+,39-,40+/m0/s1. The molecule has 1 heterocycles. The van der Waals surface area contributed by atoms with Crippen LogP contribution >= 0.6 is 0 Å². The second-order valence-corrected chi connectivity index (χ2v) is 26.7. The van der Waals surface area contributed by atoms with Crippen LogP contribution in [0.5, 0.6) is 0 Å². The van der Waals surface area contributed by atoms with E-state index >= 15 is 0 Å². The van der Waals surface area contributed by atoms with Gasteiger partial charge in [-0.1, -0.05) is 59.7 Å². The van der Waals surface area contributed by atoms with Gasteiger partial charge >= 0.3 is 17.9 Å². The minimum atomic E-state index is -2.44. The zero-order chi connectivity index (χ0) is 39.5. The summed E-state index contributed by atoms with van der Waals surface area (Å²) in [4.78, 5) is 40.7. The van der Waals surface area contributed by atoms with Crippen LogP contribution in [0.15, 0.2) is 41.5 Å². The van der Waals surface area contributed by atoms with Gasteiger partial charge in [-0.2, -0.15) is 0 Å². The van der Waals surface area contributed by atoms with Crippen molar-refractivity contribution >= 4 is 34.5 Å². The summed E-state index contributed by atoms with van der Waals surface area (Å²) in [6.45, 7) is 22.5. The molecule has 2 N–H and O–H groups in total. The van der Waals surface area contributed by atoms with E-state index in [1.165, 1.54) is 13.8 Å². The lowest BCUT2D eigenvalue weighted by Crippen LogP contribution is -2.83. The summed E-state index contributed by atoms with van der Waals surface area (Å²) in [5.74, 6) is -2.96. The molecule has 0 amide bonds. The molecule has 0 spiro atoms. The first kappa shape index (κ1) is 41.8. The Hall–Kier alpha value is -2.40. The third-order valence-corrected chi connectivity index (χ3v) is 18.8. The van der Waals surface area contributed by atoms with E-state index in [1.54, 1.807) is 30.3 Å². The second kappa shape index (κ2) is 14.6. The van der Waals surface area contributed by atoms with Crippen LogP contribution in [0.25, 0.3) is 0 Å². The Bertz CT molecular complexity index is 1580. The number of hydrogen-bond donors (Lipinski definition) is 2. The van der Waals surface area contributed by atoms with Crippen molar-refractivity contribution in [3.63, 3.8) is 0 Å². The van der Waals surface area contributed by atoms with Gasteiger partial charge in [-0.3, -0.25) is 9.59 Å². The number of fused-ring (bicyclic) bond motifs is 5. The number of hydrogen-bond acceptors (Lipinski definition) is 11. The molecule has 5 rings (SSSR count). The van der Waals surface area contributed by atoms with E-state index in [9.17, 15) is 24.6 Å². The highest BCUT2D eigenvalue weighted by Crippen LogP contribution is 2.66. The predicted octanol–water partition coefficient (Wildman–Crippen LogP) is 6.33. The molecule has 0 aromatic heterocycles. The maximum atomic E-state index is 14.4. The molecule has 10 atom stereocenters. The van der Waals surface area contributed by atoms with Gasteiger partial charge in [0.25, 0.3) is 0 Å². The highest BCUT2D eigenvalue weighted by molar-refractivity contribution is 6.73. The summed E-state index contributed by atoms with van der Waals surface area (Å²) in [6.07, 6.45) is -5.91. The Kier molecular flexibility index (Phi) is 11.5. The van der Waals surface area contributed by atoms with Crippen molar-refractivity contribution in [3.05, 3.63) is 47.0 Å². The van der Waals surface area contributed by atoms with Crippen molar-refractivity contribution in [2.45, 2.75) is 161 Å². The molecule has 11 nitrogen and oxygen atoms in total. The van der Waals surface area contributed by atoms with Crippen molar-refractivity contribution in [2.75, 3.05) is 6.61 Å². The summed E-state index contributed by atoms with van der Waals surface area (Å²) < 4.78 is 39.6. The number of benzene rings is 1. The van der Waals surface area contributed by atoms with Crippen LogP contribution in [0.2, 0.25) is 37.8 Å². The molecule has 0 radical (unpaired) electrons. The van der Waals surface area contributed by atoms with Crippen LogP contribution < -0.4 is 0 Å². The fourth-order valence-electron chi connectivity index (χ4n) is 10.1. The predicted molar refractivity (Wildman–Crippen MR) is 204 cm³/mol. The van der Waals surface area contributed by atoms with Gasteiger partial charge in [0.2, 0.25) is 0 Å². The monoisotopic (exact) mass is 774 g/mol. The highest BCUT2D eigenvalue weighted by atomic mass is 28.4. The minimum Gasteiger partial charge on any atom is -0.455 e. The number of aliphatic hydroxyl groups excluding tert-OH is 1. The van der Waals surface area contributed by atoms with Crippen LogP contribution in [-0.2, 0) is 37.4 Å². The molecular formula is C40H62O11Si2. The third kappa shape index (κ3) is 6.90. The normalized spacial score (nSPS) is 36.5. The summed E-state index contributed by atoms with van der Waals surface area (Å²) in [5, 5.41) is 27.1. The van der Waals surface area contributed by atoms with Gasteiger partial charge < -0.3 is 38.0 Å². The number of esters is 3. The fraction of sp³-hybridized carbons (Fsp3) is 0.725. The van der Waals surface area contributed by atoms with Gasteiger partial charge in [0, 0.05) is 37.5 Å². The molecule has 2 unspecified atom stereocenters. The van der Waals surface area contributed by atoms with Crippen LogP contribution in [0.4, 0.5) is 0 Å². The van der Waals surface area contributed by atoms with E-state index in [0.29, 0.717) is 5.57 Å². The molecule has 1 aromatic carbocycles. The van der Waals surface area contributed by atoms with Gasteiger partial charge in [-0.15, -0.1) is 0 Å². The van der Waals surface area contributed by atoms with Crippen molar-refractivity contribution in [1.82, 2.24) is 0 Å². The van der Waals surface area contributed by atoms with Crippen LogP contribution in [0.3, 0.4) is 0 Å². The smallest absolute Gasteiger partial charge is 0.338 e. The first-order valence-electron chi connectivity index (χ1n) is 19.3. The molecule has 3 aliphatic carbocycles. The largest absolute Gasteiger partial charge is 0.455 e. The summed E-state index contributed by atoms with van der Waals surface area (Å²) in [6, 6.07) is 11.0. The average molecular weight is 775 g/mol. The highest BCUT2D eigenvalue weighted by Gasteiger charge is 2.78. The van der Waals surface area contributed by atoms with Gasteiger partial charge in [0.1, 0.15) is 23.9 Å². The number of rotatable bonds is 11. The molecule has 2 bridgehead atoms. The maximum absolute atomic E-state index is 14.4. The molecule has 3 fully saturated rings. The van der Waals surface area contributed by atoms with Crippen molar-refractivity contribution in [2.24, 2.45) is 16.7 Å². The summed E-state index contributed by atoms with van der Waals surface area (Å²) in [7, 11) is -4.74. The third-order valence-electron chi connectivity index (χ3n) is 13.2. The second-order valence-electron chi connectivity index (χ2n) is 17.5. The molecule has 2 saturated carbocycles. The Morgan fingerprint density at radius 3 is 2.02 bits per heavy atom. The average Bonchev–Trinajstić information content (AvgIpc) is 3.07. The van der Waals surface area contributed by atoms with Gasteiger partial charge in [0.05, 0.1) is 30.3 Å². The van der Waals surface area contributed by atoms with E-state index in [1.807, 2.05) is 47.3 Å². The van der Waals surface area contributed by atoms with E-state index in [-0.39, 0.29) is 25.0 Å². The first-order valence-corrected chi connectivity index (χ1v) is 25.2. The van der Waals surface area contributed by atoms with Crippen molar-refractivity contribution in [3.8, 4) is 0 Å². The zero-order valence-corrected chi connectivity index (χ0v) is 35.7. The van der Waals surface area contributed by atoms with E-state index in [0.717, 1.165) is 23.7 Å². The quantitative estimate of drug-likeness (QED) is 0.113. The zero-order valence-electron chi connectivity index (χ0n) is 33.7. The SMILES string of the molecule is CC[Si](CC)(CC)O[C@H]1C[C@H]2OC[C@@]2(OC(C)=O)C2[C@H](OC(=O)c3ccccc3)[C@]3(O)CC(O[Si](C)(C)C)C(C)=C([C@@H](OC(C)=O)[C@@H](O)[C@@]21C)C3(C)C. The van der Waals surface area contributed by atoms with Gasteiger partial charge in [-0.05, 0) is 68.0 Å². The van der Waals surface area contributed by atoms with Crippen molar-refractivity contribution in [1.29, 1.82) is 0 Å². The topological polar surface area (TPSA) is 147 Å². The Balaban J connectivity index is 1.91. The van der Waals surface area contributed by atoms with E-state index < -0.39 is 99.1 Å². The number of carbonyl (C=O) groups excluding carboxylic acids is 3. The summed E-state index contributed by atoms with van der Waals surface area (Å²) >= 11 is 0. The molecular weight excluding hydrogens is 713 g/mol. The first-order chi connectivity index (χ1) is 24.6. The summed E-state index contributed by atoms with van der Waals surface area (Å²) in [5.41, 5.74) is -4.53. The Labute approximate surface area is 317 Å². The molecule has 296 valence electrons. The molecule has 53 heavy (non-hydrogen) atoms. The fourth-order valence-corrected chi connectivity index (χ4v) is 14.2. The van der Waals surface area contributed by atoms with Crippen LogP contribution in [-0.4, -0.2) is 99.2 Å². The molecule has 1 saturated heterocycles. The minimum absolute atomic E-state index is 0.0204. The van der Waals surface area contributed by atoms with Crippen LogP contribution in [0.1, 0.15) is 85.5 Å². The van der Waals surface area contributed by atoms with Crippen molar-refractivity contribution < 1.29 is 52.4 Å². The Morgan fingerprint density at radius 2 is 1.53 bits per heavy atom. The maximum Gasteiger partial charge on any atom is 0.338 e. The lowest BCUT2D eigenvalue weighted by atomic mass is 9.44. The molecule has 4 aliphatic rings. The number of carbonyl (C=O) groups is 3. The lowest BCUT2D eigenvalue weighted by Gasteiger charge is -2.70.